The van der Waals surface area contributed by atoms with Crippen LogP contribution in [0.25, 0.3) is 0 Å². The number of hydrogen-bond acceptors (Lipinski definition) is 3. The Bertz CT molecular complexity index is 129. The molecule has 0 N–H and O–H groups in total. The molecule has 12 heavy (non-hydrogen) atoms. The predicted octanol–water partition coefficient (Wildman–Crippen LogP) is 1.43. The van der Waals surface area contributed by atoms with Crippen LogP contribution in [0.15, 0.2) is 0 Å². The summed E-state index contributed by atoms with van der Waals surface area (Å²) in [4.78, 5) is 0. The van der Waals surface area contributed by atoms with E-state index >= 15 is 0 Å². The summed E-state index contributed by atoms with van der Waals surface area (Å²) in [5.41, 5.74) is -0.252. The van der Waals surface area contributed by atoms with Crippen LogP contribution in [0.3, 0.4) is 0 Å². The number of halogens is 2. The zero-order valence-corrected chi connectivity index (χ0v) is 8.40. The number of hydrogen-bond donors (Lipinski definition) is 0. The largest absolute Gasteiger partial charge is 0.333 e. The normalized spacial score (nSPS) is 24.2. The summed E-state index contributed by atoms with van der Waals surface area (Å²) < 4.78 is 15.3. The minimum Gasteiger partial charge on any atom is -0.333 e. The highest BCUT2D eigenvalue weighted by Gasteiger charge is 2.35. The average Bonchev–Trinajstić information content (AvgIpc) is 2.18. The van der Waals surface area contributed by atoms with Crippen LogP contribution in [0.1, 0.15) is 0 Å². The molecular formula is C7H12Cl2O3. The van der Waals surface area contributed by atoms with Gasteiger partial charge in [0.05, 0.1) is 13.2 Å². The van der Waals surface area contributed by atoms with E-state index in [1.54, 1.807) is 0 Å². The summed E-state index contributed by atoms with van der Waals surface area (Å²) in [6, 6.07) is 0. The maximum Gasteiger partial charge on any atom is 0.271 e. The van der Waals surface area contributed by atoms with Gasteiger partial charge in [-0.1, -0.05) is 0 Å². The van der Waals surface area contributed by atoms with Crippen molar-refractivity contribution in [3.8, 4) is 0 Å². The molecule has 72 valence electrons. The minimum absolute atomic E-state index is 0.252. The van der Waals surface area contributed by atoms with Crippen LogP contribution in [-0.4, -0.2) is 38.6 Å². The standard InChI is InChI=1S/C7H12Cl2O3/c1-10-6-11-4-7(2-8,3-9)5-12-6/h6H,2-5H2,1H3. The van der Waals surface area contributed by atoms with Crippen molar-refractivity contribution in [1.82, 2.24) is 0 Å². The fourth-order valence-corrected chi connectivity index (χ4v) is 1.50. The predicted molar refractivity (Wildman–Crippen MR) is 46.6 cm³/mol. The Morgan fingerprint density at radius 2 is 1.83 bits per heavy atom. The Morgan fingerprint density at radius 1 is 1.33 bits per heavy atom. The van der Waals surface area contributed by atoms with Gasteiger partial charge in [0.25, 0.3) is 6.48 Å². The average molecular weight is 215 g/mol. The van der Waals surface area contributed by atoms with Crippen LogP contribution >= 0.6 is 23.2 Å². The van der Waals surface area contributed by atoms with Crippen molar-refractivity contribution in [2.75, 3.05) is 32.1 Å². The molecule has 0 spiro atoms. The first-order valence-corrected chi connectivity index (χ1v) is 4.71. The Balaban J connectivity index is 2.42. The lowest BCUT2D eigenvalue weighted by molar-refractivity contribution is -0.324. The fraction of sp³-hybridized carbons (Fsp3) is 1.00. The van der Waals surface area contributed by atoms with Crippen molar-refractivity contribution < 1.29 is 14.2 Å². The lowest BCUT2D eigenvalue weighted by Crippen LogP contribution is -2.44. The van der Waals surface area contributed by atoms with Crippen LogP contribution in [0.2, 0.25) is 0 Å². The molecule has 0 bridgehead atoms. The molecule has 5 heteroatoms. The van der Waals surface area contributed by atoms with Gasteiger partial charge in [-0.25, -0.2) is 0 Å². The second-order valence-corrected chi connectivity index (χ2v) is 3.45. The summed E-state index contributed by atoms with van der Waals surface area (Å²) >= 11 is 11.5. The summed E-state index contributed by atoms with van der Waals surface area (Å²) in [6.07, 6.45) is 0. The molecule has 1 heterocycles. The SMILES string of the molecule is COC1OCC(CCl)(CCl)CO1. The minimum atomic E-state index is -0.565. The van der Waals surface area contributed by atoms with Gasteiger partial charge in [0.15, 0.2) is 0 Å². The van der Waals surface area contributed by atoms with E-state index in [1.165, 1.54) is 7.11 Å². The van der Waals surface area contributed by atoms with Gasteiger partial charge in [0.2, 0.25) is 0 Å². The fourth-order valence-electron chi connectivity index (χ4n) is 0.906. The third-order valence-electron chi connectivity index (χ3n) is 1.81. The number of ether oxygens (including phenoxy) is 3. The highest BCUT2D eigenvalue weighted by molar-refractivity contribution is 6.21. The van der Waals surface area contributed by atoms with Gasteiger partial charge >= 0.3 is 0 Å². The summed E-state index contributed by atoms with van der Waals surface area (Å²) in [5, 5.41) is 0. The van der Waals surface area contributed by atoms with Gasteiger partial charge in [-0.15, -0.1) is 23.2 Å². The van der Waals surface area contributed by atoms with Crippen molar-refractivity contribution in [3.63, 3.8) is 0 Å². The molecule has 0 aromatic rings. The zero-order valence-electron chi connectivity index (χ0n) is 6.89. The van der Waals surface area contributed by atoms with E-state index in [4.69, 9.17) is 37.4 Å². The molecule has 0 unspecified atom stereocenters. The Labute approximate surface area is 81.9 Å². The van der Waals surface area contributed by atoms with E-state index in [-0.39, 0.29) is 5.41 Å². The third kappa shape index (κ3) is 2.24. The van der Waals surface area contributed by atoms with E-state index in [1.807, 2.05) is 0 Å². The highest BCUT2D eigenvalue weighted by Crippen LogP contribution is 2.27. The van der Waals surface area contributed by atoms with Gasteiger partial charge in [-0.3, -0.25) is 0 Å². The Hall–Kier alpha value is 0.460. The molecule has 1 aliphatic rings. The van der Waals surface area contributed by atoms with E-state index < -0.39 is 6.48 Å². The molecule has 0 aliphatic carbocycles. The lowest BCUT2D eigenvalue weighted by Gasteiger charge is -2.36. The first kappa shape index (κ1) is 10.5. The molecule has 3 nitrogen and oxygen atoms in total. The molecule has 0 amide bonds. The maximum atomic E-state index is 5.74. The van der Waals surface area contributed by atoms with Crippen LogP contribution in [0.5, 0.6) is 0 Å². The molecule has 0 atom stereocenters. The highest BCUT2D eigenvalue weighted by atomic mass is 35.5. The Kier molecular flexibility index (Phi) is 4.06. The van der Waals surface area contributed by atoms with Gasteiger partial charge in [-0.2, -0.15) is 0 Å². The lowest BCUT2D eigenvalue weighted by atomic mass is 9.95. The summed E-state index contributed by atoms with van der Waals surface area (Å²) in [5.74, 6) is 0.875. The Morgan fingerprint density at radius 3 is 2.17 bits per heavy atom. The second kappa shape index (κ2) is 4.63. The second-order valence-electron chi connectivity index (χ2n) is 2.91. The van der Waals surface area contributed by atoms with Crippen LogP contribution in [0.4, 0.5) is 0 Å². The van der Waals surface area contributed by atoms with Gasteiger partial charge in [0, 0.05) is 24.3 Å². The van der Waals surface area contributed by atoms with Gasteiger partial charge in [-0.05, 0) is 0 Å². The molecule has 0 aromatic carbocycles. The van der Waals surface area contributed by atoms with Crippen molar-refractivity contribution in [3.05, 3.63) is 0 Å². The van der Waals surface area contributed by atoms with E-state index in [2.05, 4.69) is 0 Å². The molecule has 0 aromatic heterocycles. The van der Waals surface area contributed by atoms with E-state index in [9.17, 15) is 0 Å². The first-order chi connectivity index (χ1) is 5.76. The molecule has 1 fully saturated rings. The van der Waals surface area contributed by atoms with E-state index in [0.717, 1.165) is 0 Å². The third-order valence-corrected chi connectivity index (χ3v) is 2.94. The summed E-state index contributed by atoms with van der Waals surface area (Å²) in [7, 11) is 1.53. The smallest absolute Gasteiger partial charge is 0.271 e. The van der Waals surface area contributed by atoms with Crippen molar-refractivity contribution in [2.24, 2.45) is 5.41 Å². The number of alkyl halides is 2. The summed E-state index contributed by atoms with van der Waals surface area (Å²) in [6.45, 7) is 0.404. The topological polar surface area (TPSA) is 27.7 Å². The molecule has 0 radical (unpaired) electrons. The van der Waals surface area contributed by atoms with Gasteiger partial charge in [0.1, 0.15) is 0 Å². The zero-order chi connectivity index (χ0) is 9.03. The molecule has 1 saturated heterocycles. The van der Waals surface area contributed by atoms with Crippen molar-refractivity contribution in [1.29, 1.82) is 0 Å². The molecule has 1 aliphatic heterocycles. The maximum absolute atomic E-state index is 5.74. The molecule has 0 saturated carbocycles. The number of rotatable bonds is 3. The first-order valence-electron chi connectivity index (χ1n) is 3.64. The quantitative estimate of drug-likeness (QED) is 0.666. The van der Waals surface area contributed by atoms with Crippen molar-refractivity contribution in [2.45, 2.75) is 6.48 Å². The van der Waals surface area contributed by atoms with Gasteiger partial charge < -0.3 is 14.2 Å². The van der Waals surface area contributed by atoms with Crippen LogP contribution < -0.4 is 0 Å². The van der Waals surface area contributed by atoms with Crippen LogP contribution in [0, 0.1) is 5.41 Å². The monoisotopic (exact) mass is 214 g/mol. The molecular weight excluding hydrogens is 203 g/mol. The van der Waals surface area contributed by atoms with Crippen LogP contribution in [-0.2, 0) is 14.2 Å². The number of methoxy groups -OCH3 is 1. The molecule has 1 rings (SSSR count). The van der Waals surface area contributed by atoms with E-state index in [0.29, 0.717) is 25.0 Å². The van der Waals surface area contributed by atoms with Crippen molar-refractivity contribution >= 4 is 23.2 Å².